The van der Waals surface area contributed by atoms with Crippen molar-refractivity contribution in [2.24, 2.45) is 0 Å². The molecule has 1 heterocycles. The smallest absolute Gasteiger partial charge is 0.343 e. The molecule has 0 saturated carbocycles. The molecule has 0 aliphatic heterocycles. The van der Waals surface area contributed by atoms with E-state index in [0.29, 0.717) is 13.1 Å². The largest absolute Gasteiger partial charge is 0.345 e. The van der Waals surface area contributed by atoms with Crippen LogP contribution in [0, 0.1) is 10.1 Å². The summed E-state index contributed by atoms with van der Waals surface area (Å²) in [5, 5.41) is 10.8. The summed E-state index contributed by atoms with van der Waals surface area (Å²) in [5.74, 6) is -0.357. The van der Waals surface area contributed by atoms with Crippen molar-refractivity contribution in [2.45, 2.75) is 27.2 Å². The van der Waals surface area contributed by atoms with Gasteiger partial charge in [-0.2, -0.15) is 0 Å². The van der Waals surface area contributed by atoms with E-state index < -0.39 is 4.92 Å². The molecule has 0 radical (unpaired) electrons. The number of thiazole rings is 1. The molecule has 2 amide bonds. The van der Waals surface area contributed by atoms with Crippen LogP contribution >= 0.6 is 11.3 Å². The van der Waals surface area contributed by atoms with Gasteiger partial charge in [0, 0.05) is 33.0 Å². The molecule has 0 atom stereocenters. The standard InChI is InChI=1S/C12H18N4O4S/c1-4-14(5-2)10(18)6-7-15(9(3)17)12-13-8-11(21-12)16(19)20/h8H,4-7H2,1-3H3. The summed E-state index contributed by atoms with van der Waals surface area (Å²) in [6, 6.07) is 0. The normalized spacial score (nSPS) is 10.2. The van der Waals surface area contributed by atoms with Gasteiger partial charge in [-0.25, -0.2) is 4.98 Å². The van der Waals surface area contributed by atoms with Crippen LogP contribution in [0.1, 0.15) is 27.2 Å². The third-order valence-corrected chi connectivity index (χ3v) is 3.91. The molecule has 0 fully saturated rings. The third-order valence-electron chi connectivity index (χ3n) is 2.94. The maximum atomic E-state index is 11.9. The van der Waals surface area contributed by atoms with E-state index in [1.54, 1.807) is 4.90 Å². The van der Waals surface area contributed by atoms with Gasteiger partial charge in [-0.1, -0.05) is 0 Å². The van der Waals surface area contributed by atoms with Crippen molar-refractivity contribution < 1.29 is 14.5 Å². The highest BCUT2D eigenvalue weighted by Crippen LogP contribution is 2.28. The topological polar surface area (TPSA) is 96.7 Å². The lowest BCUT2D eigenvalue weighted by atomic mass is 10.3. The van der Waals surface area contributed by atoms with Crippen LogP contribution in [-0.2, 0) is 9.59 Å². The van der Waals surface area contributed by atoms with Gasteiger partial charge < -0.3 is 4.90 Å². The first-order chi connectivity index (χ1) is 9.90. The Morgan fingerprint density at radius 1 is 1.38 bits per heavy atom. The Bertz CT molecular complexity index is 527. The second-order valence-electron chi connectivity index (χ2n) is 4.22. The Morgan fingerprint density at radius 3 is 2.43 bits per heavy atom. The van der Waals surface area contributed by atoms with Crippen LogP contribution in [0.4, 0.5) is 10.1 Å². The highest BCUT2D eigenvalue weighted by Gasteiger charge is 2.21. The lowest BCUT2D eigenvalue weighted by molar-refractivity contribution is -0.380. The minimum atomic E-state index is -0.555. The zero-order valence-electron chi connectivity index (χ0n) is 12.2. The van der Waals surface area contributed by atoms with E-state index in [1.807, 2.05) is 13.8 Å². The van der Waals surface area contributed by atoms with Crippen molar-refractivity contribution in [3.8, 4) is 0 Å². The lowest BCUT2D eigenvalue weighted by Crippen LogP contribution is -2.36. The predicted molar refractivity (Wildman–Crippen MR) is 79.3 cm³/mol. The number of amides is 2. The van der Waals surface area contributed by atoms with E-state index in [9.17, 15) is 19.7 Å². The van der Waals surface area contributed by atoms with Crippen LogP contribution in [0.15, 0.2) is 6.20 Å². The maximum Gasteiger partial charge on any atom is 0.345 e. The van der Waals surface area contributed by atoms with Gasteiger partial charge in [0.25, 0.3) is 0 Å². The van der Waals surface area contributed by atoms with Gasteiger partial charge >= 0.3 is 5.00 Å². The minimum Gasteiger partial charge on any atom is -0.343 e. The number of hydrogen-bond acceptors (Lipinski definition) is 6. The molecule has 1 aromatic heterocycles. The zero-order chi connectivity index (χ0) is 16.0. The van der Waals surface area contributed by atoms with Crippen LogP contribution in [-0.4, -0.2) is 46.3 Å². The van der Waals surface area contributed by atoms with Gasteiger partial charge in [0.2, 0.25) is 11.8 Å². The van der Waals surface area contributed by atoms with Crippen LogP contribution in [0.5, 0.6) is 0 Å². The lowest BCUT2D eigenvalue weighted by Gasteiger charge is -2.21. The molecule has 0 aromatic carbocycles. The van der Waals surface area contributed by atoms with E-state index >= 15 is 0 Å². The van der Waals surface area contributed by atoms with Crippen molar-refractivity contribution in [1.82, 2.24) is 9.88 Å². The number of nitrogens with zero attached hydrogens (tertiary/aromatic N) is 4. The van der Waals surface area contributed by atoms with E-state index in [-0.39, 0.29) is 34.9 Å². The third kappa shape index (κ3) is 4.48. The molecule has 0 unspecified atom stereocenters. The van der Waals surface area contributed by atoms with Gasteiger partial charge in [0.15, 0.2) is 5.13 Å². The van der Waals surface area contributed by atoms with Crippen molar-refractivity contribution in [3.63, 3.8) is 0 Å². The van der Waals surface area contributed by atoms with Crippen LogP contribution in [0.2, 0.25) is 0 Å². The number of anilines is 1. The molecule has 0 N–H and O–H groups in total. The first-order valence-corrected chi connectivity index (χ1v) is 7.38. The van der Waals surface area contributed by atoms with E-state index in [4.69, 9.17) is 0 Å². The van der Waals surface area contributed by atoms with Gasteiger partial charge in [-0.05, 0) is 25.2 Å². The highest BCUT2D eigenvalue weighted by molar-refractivity contribution is 7.18. The number of rotatable bonds is 7. The molecule has 8 nitrogen and oxygen atoms in total. The first kappa shape index (κ1) is 17.0. The van der Waals surface area contributed by atoms with Crippen molar-refractivity contribution >= 4 is 33.3 Å². The van der Waals surface area contributed by atoms with Crippen molar-refractivity contribution in [3.05, 3.63) is 16.3 Å². The Balaban J connectivity index is 2.76. The quantitative estimate of drug-likeness (QED) is 0.563. The van der Waals surface area contributed by atoms with Gasteiger partial charge in [0.1, 0.15) is 6.20 Å². The molecule has 1 aromatic rings. The minimum absolute atomic E-state index is 0.0581. The van der Waals surface area contributed by atoms with E-state index in [2.05, 4.69) is 4.98 Å². The summed E-state index contributed by atoms with van der Waals surface area (Å²) in [5.41, 5.74) is 0. The molecular weight excluding hydrogens is 296 g/mol. The van der Waals surface area contributed by atoms with Crippen LogP contribution < -0.4 is 4.90 Å². The number of hydrogen-bond donors (Lipinski definition) is 0. The summed E-state index contributed by atoms with van der Waals surface area (Å²) in [6.07, 6.45) is 1.27. The van der Waals surface area contributed by atoms with Crippen LogP contribution in [0.3, 0.4) is 0 Å². The second kappa shape index (κ2) is 7.67. The Morgan fingerprint density at radius 2 is 2.00 bits per heavy atom. The Kier molecular flexibility index (Phi) is 6.22. The first-order valence-electron chi connectivity index (χ1n) is 6.56. The molecule has 1 rings (SSSR count). The number of aromatic nitrogens is 1. The number of carbonyl (C=O) groups is 2. The summed E-state index contributed by atoms with van der Waals surface area (Å²) < 4.78 is 0. The molecule has 0 spiro atoms. The van der Waals surface area contributed by atoms with Crippen molar-refractivity contribution in [1.29, 1.82) is 0 Å². The monoisotopic (exact) mass is 314 g/mol. The molecule has 9 heteroatoms. The number of nitro groups is 1. The molecule has 0 bridgehead atoms. The highest BCUT2D eigenvalue weighted by atomic mass is 32.1. The Hall–Kier alpha value is -2.03. The van der Waals surface area contributed by atoms with E-state index in [0.717, 1.165) is 17.5 Å². The summed E-state index contributed by atoms with van der Waals surface area (Å²) in [4.78, 5) is 40.5. The SMILES string of the molecule is CCN(CC)C(=O)CCN(C(C)=O)c1ncc([N+](=O)[O-])s1. The fourth-order valence-corrected chi connectivity index (χ4v) is 2.60. The second-order valence-corrected chi connectivity index (χ2v) is 5.21. The predicted octanol–water partition coefficient (Wildman–Crippen LogP) is 1.66. The van der Waals surface area contributed by atoms with Gasteiger partial charge in [-0.3, -0.25) is 24.6 Å². The number of carbonyl (C=O) groups excluding carboxylic acids is 2. The summed E-state index contributed by atoms with van der Waals surface area (Å²) in [6.45, 7) is 6.49. The van der Waals surface area contributed by atoms with E-state index in [1.165, 1.54) is 11.8 Å². The summed E-state index contributed by atoms with van der Waals surface area (Å²) >= 11 is 0.819. The molecule has 0 saturated heterocycles. The molecule has 116 valence electrons. The zero-order valence-corrected chi connectivity index (χ0v) is 13.1. The van der Waals surface area contributed by atoms with Crippen molar-refractivity contribution in [2.75, 3.05) is 24.5 Å². The fourth-order valence-electron chi connectivity index (χ4n) is 1.80. The van der Waals surface area contributed by atoms with Gasteiger partial charge in [-0.15, -0.1) is 0 Å². The van der Waals surface area contributed by atoms with Gasteiger partial charge in [0.05, 0.1) is 4.92 Å². The maximum absolute atomic E-state index is 11.9. The summed E-state index contributed by atoms with van der Waals surface area (Å²) in [7, 11) is 0. The average Bonchev–Trinajstić information content (AvgIpc) is 2.89. The molecule has 0 aliphatic rings. The average molecular weight is 314 g/mol. The fraction of sp³-hybridized carbons (Fsp3) is 0.583. The molecular formula is C12H18N4O4S. The molecule has 0 aliphatic carbocycles. The van der Waals surface area contributed by atoms with Crippen LogP contribution in [0.25, 0.3) is 0 Å². The Labute approximate surface area is 126 Å². The molecule has 21 heavy (non-hydrogen) atoms.